The molecule has 0 aliphatic heterocycles. The molecule has 0 unspecified atom stereocenters. The van der Waals surface area contributed by atoms with E-state index >= 15 is 0 Å². The van der Waals surface area contributed by atoms with E-state index in [1.807, 2.05) is 0 Å². The molecule has 0 amide bonds. The Morgan fingerprint density at radius 1 is 1.00 bits per heavy atom. The van der Waals surface area contributed by atoms with Crippen LogP contribution in [0.25, 0.3) is 0 Å². The Hall–Kier alpha value is -1.80. The summed E-state index contributed by atoms with van der Waals surface area (Å²) in [5.74, 6) is 0. The maximum absolute atomic E-state index is 5.70. The van der Waals surface area contributed by atoms with Gasteiger partial charge in [-0.05, 0) is 42.7 Å². The highest BCUT2D eigenvalue weighted by molar-refractivity contribution is 5.69. The maximum Gasteiger partial charge on any atom is 0.0467 e. The quantitative estimate of drug-likeness (QED) is 0.889. The second-order valence-corrected chi connectivity index (χ2v) is 4.67. The molecule has 0 bridgehead atoms. The summed E-state index contributed by atoms with van der Waals surface area (Å²) in [6, 6.07) is 14.8. The van der Waals surface area contributed by atoms with Gasteiger partial charge in [-0.2, -0.15) is 0 Å². The van der Waals surface area contributed by atoms with Gasteiger partial charge >= 0.3 is 0 Å². The van der Waals surface area contributed by atoms with Crippen LogP contribution in [-0.2, 0) is 6.54 Å². The lowest BCUT2D eigenvalue weighted by Crippen LogP contribution is -2.13. The van der Waals surface area contributed by atoms with E-state index in [0.717, 1.165) is 5.56 Å². The number of hydrogen-bond acceptors (Lipinski definition) is 2. The van der Waals surface area contributed by atoms with Gasteiger partial charge in [-0.25, -0.2) is 0 Å². The zero-order valence-corrected chi connectivity index (χ0v) is 11.3. The highest BCUT2D eigenvalue weighted by Crippen LogP contribution is 2.30. The third-order valence-corrected chi connectivity index (χ3v) is 3.31. The van der Waals surface area contributed by atoms with Crippen molar-refractivity contribution in [2.45, 2.75) is 20.4 Å². The Morgan fingerprint density at radius 3 is 2.22 bits per heavy atom. The number of para-hydroxylation sites is 1. The van der Waals surface area contributed by atoms with Crippen LogP contribution in [0, 0.1) is 13.8 Å². The maximum atomic E-state index is 5.70. The fourth-order valence-corrected chi connectivity index (χ4v) is 2.36. The number of rotatable bonds is 3. The Balaban J connectivity index is 2.44. The van der Waals surface area contributed by atoms with E-state index in [0.29, 0.717) is 6.54 Å². The third-order valence-electron chi connectivity index (χ3n) is 3.31. The van der Waals surface area contributed by atoms with Crippen molar-refractivity contribution in [2.75, 3.05) is 11.9 Å². The van der Waals surface area contributed by atoms with Crippen LogP contribution < -0.4 is 10.6 Å². The Kier molecular flexibility index (Phi) is 3.68. The molecular formula is C16H20N2. The molecule has 18 heavy (non-hydrogen) atoms. The van der Waals surface area contributed by atoms with E-state index < -0.39 is 0 Å². The van der Waals surface area contributed by atoms with Crippen LogP contribution in [0.4, 0.5) is 11.4 Å². The van der Waals surface area contributed by atoms with Crippen LogP contribution in [0.2, 0.25) is 0 Å². The normalized spacial score (nSPS) is 10.4. The largest absolute Gasteiger partial charge is 0.344 e. The first kappa shape index (κ1) is 12.7. The number of nitrogens with zero attached hydrogens (tertiary/aromatic N) is 1. The van der Waals surface area contributed by atoms with E-state index in [1.54, 1.807) is 0 Å². The highest BCUT2D eigenvalue weighted by Gasteiger charge is 2.09. The van der Waals surface area contributed by atoms with Crippen LogP contribution in [-0.4, -0.2) is 7.05 Å². The minimum Gasteiger partial charge on any atom is -0.344 e. The van der Waals surface area contributed by atoms with Gasteiger partial charge in [0.1, 0.15) is 0 Å². The number of aryl methyl sites for hydroxylation is 2. The topological polar surface area (TPSA) is 29.3 Å². The first-order chi connectivity index (χ1) is 8.63. The highest BCUT2D eigenvalue weighted by atomic mass is 15.1. The van der Waals surface area contributed by atoms with E-state index in [1.165, 1.54) is 22.5 Å². The fraction of sp³-hybridized carbons (Fsp3) is 0.250. The Labute approximate surface area is 109 Å². The summed E-state index contributed by atoms with van der Waals surface area (Å²) in [7, 11) is 2.10. The molecule has 0 spiro atoms. The average Bonchev–Trinajstić information content (AvgIpc) is 2.38. The van der Waals surface area contributed by atoms with Gasteiger partial charge < -0.3 is 10.6 Å². The molecule has 2 aromatic rings. The molecule has 2 nitrogen and oxygen atoms in total. The molecular weight excluding hydrogens is 220 g/mol. The van der Waals surface area contributed by atoms with Crippen LogP contribution >= 0.6 is 0 Å². The minimum atomic E-state index is 0.578. The molecule has 2 N–H and O–H groups in total. The molecule has 2 aromatic carbocycles. The van der Waals surface area contributed by atoms with Gasteiger partial charge in [-0.3, -0.25) is 0 Å². The number of nitrogens with two attached hydrogens (primary N) is 1. The lowest BCUT2D eigenvalue weighted by Gasteiger charge is -2.24. The van der Waals surface area contributed by atoms with E-state index in [2.05, 4.69) is 68.3 Å². The molecule has 0 atom stereocenters. The number of hydrogen-bond donors (Lipinski definition) is 1. The second-order valence-electron chi connectivity index (χ2n) is 4.67. The van der Waals surface area contributed by atoms with Crippen molar-refractivity contribution in [3.63, 3.8) is 0 Å². The van der Waals surface area contributed by atoms with Crippen LogP contribution in [0.1, 0.15) is 16.7 Å². The van der Waals surface area contributed by atoms with E-state index in [9.17, 15) is 0 Å². The first-order valence-electron chi connectivity index (χ1n) is 6.22. The Morgan fingerprint density at radius 2 is 1.61 bits per heavy atom. The van der Waals surface area contributed by atoms with Crippen molar-refractivity contribution in [2.24, 2.45) is 5.73 Å². The summed E-state index contributed by atoms with van der Waals surface area (Å²) in [5, 5.41) is 0. The van der Waals surface area contributed by atoms with E-state index in [-0.39, 0.29) is 0 Å². The van der Waals surface area contributed by atoms with Gasteiger partial charge in [-0.1, -0.05) is 30.3 Å². The van der Waals surface area contributed by atoms with Crippen LogP contribution in [0.3, 0.4) is 0 Å². The molecule has 0 heterocycles. The molecule has 0 fully saturated rings. The summed E-state index contributed by atoms with van der Waals surface area (Å²) in [5.41, 5.74) is 11.9. The third kappa shape index (κ3) is 2.39. The summed E-state index contributed by atoms with van der Waals surface area (Å²) in [6.07, 6.45) is 0. The summed E-state index contributed by atoms with van der Waals surface area (Å²) >= 11 is 0. The lowest BCUT2D eigenvalue weighted by atomic mass is 10.1. The second kappa shape index (κ2) is 5.23. The molecule has 0 saturated carbocycles. The van der Waals surface area contributed by atoms with E-state index in [4.69, 9.17) is 5.73 Å². The van der Waals surface area contributed by atoms with Gasteiger partial charge in [0, 0.05) is 25.0 Å². The fourth-order valence-electron chi connectivity index (χ4n) is 2.36. The first-order valence-corrected chi connectivity index (χ1v) is 6.22. The van der Waals surface area contributed by atoms with Crippen molar-refractivity contribution in [3.05, 3.63) is 59.2 Å². The Bertz CT molecular complexity index is 526. The number of anilines is 2. The summed E-state index contributed by atoms with van der Waals surface area (Å²) in [4.78, 5) is 2.23. The smallest absolute Gasteiger partial charge is 0.0467 e. The lowest BCUT2D eigenvalue weighted by molar-refractivity contribution is 1.06. The average molecular weight is 240 g/mol. The predicted octanol–water partition coefficient (Wildman–Crippen LogP) is 3.53. The molecule has 2 rings (SSSR count). The van der Waals surface area contributed by atoms with Gasteiger partial charge in [0.15, 0.2) is 0 Å². The van der Waals surface area contributed by atoms with Gasteiger partial charge in [0.05, 0.1) is 0 Å². The van der Waals surface area contributed by atoms with Crippen molar-refractivity contribution >= 4 is 11.4 Å². The molecule has 94 valence electrons. The van der Waals surface area contributed by atoms with Crippen molar-refractivity contribution in [3.8, 4) is 0 Å². The van der Waals surface area contributed by atoms with Crippen molar-refractivity contribution < 1.29 is 0 Å². The number of benzene rings is 2. The molecule has 0 aliphatic carbocycles. The van der Waals surface area contributed by atoms with Crippen molar-refractivity contribution in [1.29, 1.82) is 0 Å². The minimum absolute atomic E-state index is 0.578. The molecule has 0 saturated heterocycles. The van der Waals surface area contributed by atoms with Crippen LogP contribution in [0.15, 0.2) is 42.5 Å². The zero-order valence-electron chi connectivity index (χ0n) is 11.3. The zero-order chi connectivity index (χ0) is 13.1. The van der Waals surface area contributed by atoms with Crippen molar-refractivity contribution in [1.82, 2.24) is 0 Å². The van der Waals surface area contributed by atoms with Gasteiger partial charge in [0.25, 0.3) is 0 Å². The summed E-state index contributed by atoms with van der Waals surface area (Å²) in [6.45, 7) is 4.87. The molecule has 0 radical (unpaired) electrons. The predicted molar refractivity (Wildman–Crippen MR) is 78.3 cm³/mol. The SMILES string of the molecule is Cc1cccc(C)c1N(C)c1cccc(CN)c1. The molecule has 0 aliphatic rings. The summed E-state index contributed by atoms with van der Waals surface area (Å²) < 4.78 is 0. The molecule has 2 heteroatoms. The molecule has 0 aromatic heterocycles. The van der Waals surface area contributed by atoms with Gasteiger partial charge in [-0.15, -0.1) is 0 Å². The standard InChI is InChI=1S/C16H20N2/c1-12-6-4-7-13(2)16(12)18(3)15-9-5-8-14(10-15)11-17/h4-10H,11,17H2,1-3H3. The van der Waals surface area contributed by atoms with Crippen LogP contribution in [0.5, 0.6) is 0 Å². The van der Waals surface area contributed by atoms with Gasteiger partial charge in [0.2, 0.25) is 0 Å². The monoisotopic (exact) mass is 240 g/mol.